The van der Waals surface area contributed by atoms with Crippen LogP contribution in [0.15, 0.2) is 23.1 Å². The first-order chi connectivity index (χ1) is 7.94. The van der Waals surface area contributed by atoms with E-state index in [1.165, 1.54) is 28.9 Å². The van der Waals surface area contributed by atoms with Gasteiger partial charge >= 0.3 is 0 Å². The van der Waals surface area contributed by atoms with Gasteiger partial charge in [-0.1, -0.05) is 38.5 Å². The van der Waals surface area contributed by atoms with E-state index in [9.17, 15) is 0 Å². The molecule has 17 heavy (non-hydrogen) atoms. The predicted octanol–water partition coefficient (Wildman–Crippen LogP) is 4.14. The number of thioether (sulfide) groups is 1. The van der Waals surface area contributed by atoms with Crippen molar-refractivity contribution in [3.8, 4) is 0 Å². The van der Waals surface area contributed by atoms with Crippen molar-refractivity contribution in [2.24, 2.45) is 0 Å². The molecule has 1 aliphatic carbocycles. The van der Waals surface area contributed by atoms with Gasteiger partial charge in [-0.05, 0) is 31.4 Å². The molecule has 1 aromatic rings. The van der Waals surface area contributed by atoms with E-state index in [4.69, 9.17) is 0 Å². The van der Waals surface area contributed by atoms with Crippen LogP contribution in [-0.4, -0.2) is 10.8 Å². The zero-order valence-corrected chi connectivity index (χ0v) is 12.2. The minimum atomic E-state index is 0.281. The van der Waals surface area contributed by atoms with Crippen LogP contribution in [0.5, 0.6) is 0 Å². The maximum Gasteiger partial charge on any atom is 0.0219 e. The lowest BCUT2D eigenvalue weighted by Crippen LogP contribution is -2.16. The molecule has 0 unspecified atom stereocenters. The Morgan fingerprint density at radius 2 is 2.00 bits per heavy atom. The van der Waals surface area contributed by atoms with Crippen LogP contribution in [0.4, 0.5) is 0 Å². The highest BCUT2D eigenvalue weighted by Crippen LogP contribution is 2.34. The van der Waals surface area contributed by atoms with Crippen molar-refractivity contribution >= 4 is 11.8 Å². The zero-order valence-electron chi connectivity index (χ0n) is 11.3. The molecule has 0 saturated heterocycles. The average Bonchev–Trinajstić information content (AvgIpc) is 3.00. The van der Waals surface area contributed by atoms with Crippen molar-refractivity contribution in [1.29, 1.82) is 0 Å². The van der Waals surface area contributed by atoms with Crippen molar-refractivity contribution in [2.75, 3.05) is 0 Å². The lowest BCUT2D eigenvalue weighted by atomic mass is 10.1. The van der Waals surface area contributed by atoms with Crippen LogP contribution in [0.3, 0.4) is 0 Å². The van der Waals surface area contributed by atoms with Crippen LogP contribution in [0.2, 0.25) is 0 Å². The molecular formula is C15H23NS. The minimum absolute atomic E-state index is 0.281. The number of benzene rings is 1. The van der Waals surface area contributed by atoms with Gasteiger partial charge in [0.1, 0.15) is 0 Å². The first-order valence-corrected chi connectivity index (χ1v) is 7.28. The number of hydrogen-bond donors (Lipinski definition) is 1. The maximum absolute atomic E-state index is 3.61. The molecule has 0 atom stereocenters. The lowest BCUT2D eigenvalue weighted by molar-refractivity contribution is 0.679. The van der Waals surface area contributed by atoms with Crippen molar-refractivity contribution in [1.82, 2.24) is 5.32 Å². The average molecular weight is 249 g/mol. The minimum Gasteiger partial charge on any atom is -0.310 e. The molecule has 1 nitrogen and oxygen atoms in total. The second kappa shape index (κ2) is 5.03. The van der Waals surface area contributed by atoms with Gasteiger partial charge in [-0.15, -0.1) is 11.8 Å². The van der Waals surface area contributed by atoms with E-state index in [1.807, 2.05) is 11.8 Å². The SMILES string of the molecule is Cc1ccc(SC(C)(C)C)c(CNC2CC2)c1. The number of nitrogens with one attached hydrogen (secondary N) is 1. The van der Waals surface area contributed by atoms with Gasteiger partial charge in [0.15, 0.2) is 0 Å². The third-order valence-electron chi connectivity index (χ3n) is 2.79. The second-order valence-electron chi connectivity index (χ2n) is 5.98. The third kappa shape index (κ3) is 4.36. The van der Waals surface area contributed by atoms with Gasteiger partial charge in [0, 0.05) is 22.2 Å². The Hall–Kier alpha value is -0.470. The van der Waals surface area contributed by atoms with Crippen LogP contribution in [0.25, 0.3) is 0 Å². The van der Waals surface area contributed by atoms with Crippen molar-refractivity contribution in [3.63, 3.8) is 0 Å². The van der Waals surface area contributed by atoms with E-state index in [0.29, 0.717) is 0 Å². The van der Waals surface area contributed by atoms with Crippen LogP contribution in [-0.2, 0) is 6.54 Å². The standard InChI is InChI=1S/C15H23NS/c1-11-5-8-14(17-15(2,3)4)12(9-11)10-16-13-6-7-13/h5,8-9,13,16H,6-7,10H2,1-4H3. The molecule has 0 aliphatic heterocycles. The van der Waals surface area contributed by atoms with Gasteiger partial charge in [-0.25, -0.2) is 0 Å². The molecule has 1 aromatic carbocycles. The molecule has 0 radical (unpaired) electrons. The van der Waals surface area contributed by atoms with E-state index in [2.05, 4.69) is 51.2 Å². The summed E-state index contributed by atoms with van der Waals surface area (Å²) in [6.07, 6.45) is 2.71. The fourth-order valence-electron chi connectivity index (χ4n) is 1.82. The maximum atomic E-state index is 3.61. The molecule has 2 heteroatoms. The summed E-state index contributed by atoms with van der Waals surface area (Å²) in [5, 5.41) is 3.61. The second-order valence-corrected chi connectivity index (χ2v) is 7.85. The first-order valence-electron chi connectivity index (χ1n) is 6.46. The Morgan fingerprint density at radius 3 is 2.59 bits per heavy atom. The molecular weight excluding hydrogens is 226 g/mol. The lowest BCUT2D eigenvalue weighted by Gasteiger charge is -2.20. The number of hydrogen-bond acceptors (Lipinski definition) is 2. The summed E-state index contributed by atoms with van der Waals surface area (Å²) in [7, 11) is 0. The largest absolute Gasteiger partial charge is 0.310 e. The molecule has 0 spiro atoms. The van der Waals surface area contributed by atoms with Gasteiger partial charge in [0.05, 0.1) is 0 Å². The predicted molar refractivity (Wildman–Crippen MR) is 76.7 cm³/mol. The van der Waals surface area contributed by atoms with Gasteiger partial charge in [0.2, 0.25) is 0 Å². The van der Waals surface area contributed by atoms with Gasteiger partial charge < -0.3 is 5.32 Å². The Labute approximate surface area is 109 Å². The van der Waals surface area contributed by atoms with Crippen molar-refractivity contribution in [3.05, 3.63) is 29.3 Å². The highest BCUT2D eigenvalue weighted by molar-refractivity contribution is 8.00. The molecule has 0 amide bonds. The van der Waals surface area contributed by atoms with E-state index >= 15 is 0 Å². The Morgan fingerprint density at radius 1 is 1.29 bits per heavy atom. The molecule has 1 N–H and O–H groups in total. The normalized spacial score (nSPS) is 16.2. The van der Waals surface area contributed by atoms with Crippen molar-refractivity contribution < 1.29 is 0 Å². The number of rotatable bonds is 4. The monoisotopic (exact) mass is 249 g/mol. The topological polar surface area (TPSA) is 12.0 Å². The van der Waals surface area contributed by atoms with Crippen LogP contribution in [0, 0.1) is 6.92 Å². The fraction of sp³-hybridized carbons (Fsp3) is 0.600. The Bertz CT molecular complexity index is 388. The molecule has 2 rings (SSSR count). The highest BCUT2D eigenvalue weighted by atomic mass is 32.2. The summed E-state index contributed by atoms with van der Waals surface area (Å²) in [5.74, 6) is 0. The quantitative estimate of drug-likeness (QED) is 0.805. The van der Waals surface area contributed by atoms with Gasteiger partial charge in [0.25, 0.3) is 0 Å². The molecule has 1 saturated carbocycles. The Balaban J connectivity index is 2.11. The molecule has 94 valence electrons. The summed E-state index contributed by atoms with van der Waals surface area (Å²) in [6, 6.07) is 7.59. The first kappa shape index (κ1) is 13.0. The number of aryl methyl sites for hydroxylation is 1. The van der Waals surface area contributed by atoms with E-state index < -0.39 is 0 Å². The molecule has 0 heterocycles. The van der Waals surface area contributed by atoms with Crippen LogP contribution < -0.4 is 5.32 Å². The Kier molecular flexibility index (Phi) is 3.84. The summed E-state index contributed by atoms with van der Waals surface area (Å²) >= 11 is 1.97. The molecule has 1 fully saturated rings. The fourth-order valence-corrected chi connectivity index (χ4v) is 2.88. The van der Waals surface area contributed by atoms with E-state index in [0.717, 1.165) is 12.6 Å². The molecule has 0 aromatic heterocycles. The summed E-state index contributed by atoms with van der Waals surface area (Å²) in [5.41, 5.74) is 2.81. The third-order valence-corrected chi connectivity index (χ3v) is 4.02. The molecule has 1 aliphatic rings. The van der Waals surface area contributed by atoms with Crippen LogP contribution in [0.1, 0.15) is 44.7 Å². The van der Waals surface area contributed by atoms with E-state index in [1.54, 1.807) is 0 Å². The molecule has 0 bridgehead atoms. The van der Waals surface area contributed by atoms with E-state index in [-0.39, 0.29) is 4.75 Å². The summed E-state index contributed by atoms with van der Waals surface area (Å²) in [6.45, 7) is 10.0. The highest BCUT2D eigenvalue weighted by Gasteiger charge is 2.21. The van der Waals surface area contributed by atoms with Crippen molar-refractivity contribution in [2.45, 2.75) is 62.8 Å². The zero-order chi connectivity index (χ0) is 12.5. The summed E-state index contributed by atoms with van der Waals surface area (Å²) in [4.78, 5) is 1.43. The van der Waals surface area contributed by atoms with Gasteiger partial charge in [-0.3, -0.25) is 0 Å². The summed E-state index contributed by atoms with van der Waals surface area (Å²) < 4.78 is 0.281. The van der Waals surface area contributed by atoms with Gasteiger partial charge in [-0.2, -0.15) is 0 Å². The smallest absolute Gasteiger partial charge is 0.0219 e. The van der Waals surface area contributed by atoms with Crippen LogP contribution >= 0.6 is 11.8 Å².